The standard InChI is InChI=1S/C26H21F4N3/c1-33-11-10-21(22-13-16-4-2-3-5-17(16)14-23(22)27)20-7-6-18(12-19(20)15-33)24-8-9-25(32-31-24)26(28,29)30/h2-9,12-14,21H,10-11,15H2,1H3. The molecule has 1 aromatic heterocycles. The highest BCUT2D eigenvalue weighted by Crippen LogP contribution is 2.38. The first-order chi connectivity index (χ1) is 15.8. The van der Waals surface area contributed by atoms with Crippen LogP contribution in [0.3, 0.4) is 0 Å². The number of nitrogens with zero attached hydrogens (tertiary/aromatic N) is 3. The molecule has 0 N–H and O–H groups in total. The van der Waals surface area contributed by atoms with E-state index in [9.17, 15) is 13.2 Å². The van der Waals surface area contributed by atoms with E-state index in [0.29, 0.717) is 23.4 Å². The van der Waals surface area contributed by atoms with Gasteiger partial charge in [-0.15, -0.1) is 10.2 Å². The van der Waals surface area contributed by atoms with E-state index < -0.39 is 11.9 Å². The van der Waals surface area contributed by atoms with E-state index >= 15 is 4.39 Å². The second-order valence-electron chi connectivity index (χ2n) is 8.52. The van der Waals surface area contributed by atoms with Gasteiger partial charge in [0.25, 0.3) is 0 Å². The Morgan fingerprint density at radius 1 is 0.879 bits per heavy atom. The van der Waals surface area contributed by atoms with Gasteiger partial charge in [0, 0.05) is 18.0 Å². The van der Waals surface area contributed by atoms with Gasteiger partial charge in [-0.05, 0) is 77.8 Å². The highest BCUT2D eigenvalue weighted by molar-refractivity contribution is 5.83. The van der Waals surface area contributed by atoms with Gasteiger partial charge in [0.1, 0.15) is 5.82 Å². The molecule has 2 heterocycles. The number of hydrogen-bond acceptors (Lipinski definition) is 3. The van der Waals surface area contributed by atoms with Crippen molar-refractivity contribution in [2.75, 3.05) is 13.6 Å². The molecule has 0 aliphatic carbocycles. The van der Waals surface area contributed by atoms with Crippen molar-refractivity contribution in [2.24, 2.45) is 0 Å². The van der Waals surface area contributed by atoms with Crippen molar-refractivity contribution in [1.29, 1.82) is 0 Å². The van der Waals surface area contributed by atoms with Crippen molar-refractivity contribution in [3.8, 4) is 11.3 Å². The van der Waals surface area contributed by atoms with Gasteiger partial charge in [0.05, 0.1) is 5.69 Å². The van der Waals surface area contributed by atoms with Gasteiger partial charge in [0.15, 0.2) is 5.69 Å². The third-order valence-electron chi connectivity index (χ3n) is 6.25. The molecule has 1 aliphatic heterocycles. The Balaban J connectivity index is 1.57. The molecule has 3 aromatic carbocycles. The van der Waals surface area contributed by atoms with Crippen molar-refractivity contribution in [1.82, 2.24) is 15.1 Å². The second kappa shape index (κ2) is 8.23. The van der Waals surface area contributed by atoms with E-state index in [1.54, 1.807) is 6.07 Å². The van der Waals surface area contributed by atoms with Crippen LogP contribution in [0.1, 0.15) is 34.7 Å². The van der Waals surface area contributed by atoms with Crippen LogP contribution in [-0.4, -0.2) is 28.7 Å². The Labute approximate surface area is 188 Å². The number of hydrogen-bond donors (Lipinski definition) is 0. The molecule has 3 nitrogen and oxygen atoms in total. The molecule has 33 heavy (non-hydrogen) atoms. The van der Waals surface area contributed by atoms with E-state index in [-0.39, 0.29) is 11.7 Å². The first-order valence-corrected chi connectivity index (χ1v) is 10.7. The number of aromatic nitrogens is 2. The Kier molecular flexibility index (Phi) is 5.37. The third-order valence-corrected chi connectivity index (χ3v) is 6.25. The molecule has 168 valence electrons. The molecular formula is C26H21F4N3. The van der Waals surface area contributed by atoms with Crippen LogP contribution in [0.2, 0.25) is 0 Å². The molecule has 1 aliphatic rings. The fraction of sp³-hybridized carbons (Fsp3) is 0.231. The molecule has 5 rings (SSSR count). The van der Waals surface area contributed by atoms with Crippen molar-refractivity contribution in [2.45, 2.75) is 25.1 Å². The summed E-state index contributed by atoms with van der Waals surface area (Å²) in [5, 5.41) is 8.98. The van der Waals surface area contributed by atoms with Crippen LogP contribution in [0.25, 0.3) is 22.0 Å². The van der Waals surface area contributed by atoms with Crippen molar-refractivity contribution >= 4 is 10.8 Å². The number of halogens is 4. The van der Waals surface area contributed by atoms with Crippen LogP contribution >= 0.6 is 0 Å². The predicted molar refractivity (Wildman–Crippen MR) is 119 cm³/mol. The van der Waals surface area contributed by atoms with Crippen LogP contribution in [0.5, 0.6) is 0 Å². The quantitative estimate of drug-likeness (QED) is 0.329. The predicted octanol–water partition coefficient (Wildman–Crippen LogP) is 6.42. The first-order valence-electron chi connectivity index (χ1n) is 10.7. The fourth-order valence-electron chi connectivity index (χ4n) is 4.57. The SMILES string of the molecule is CN1CCC(c2cc3ccccc3cc2F)c2ccc(-c3ccc(C(F)(F)F)nn3)cc2C1. The van der Waals surface area contributed by atoms with E-state index in [1.165, 1.54) is 6.07 Å². The molecule has 0 radical (unpaired) electrons. The molecule has 0 fully saturated rings. The summed E-state index contributed by atoms with van der Waals surface area (Å²) in [6.45, 7) is 1.45. The zero-order valence-electron chi connectivity index (χ0n) is 17.9. The van der Waals surface area contributed by atoms with E-state index in [1.807, 2.05) is 55.6 Å². The number of alkyl halides is 3. The average molecular weight is 451 g/mol. The second-order valence-corrected chi connectivity index (χ2v) is 8.52. The van der Waals surface area contributed by atoms with Gasteiger partial charge in [-0.2, -0.15) is 13.2 Å². The van der Waals surface area contributed by atoms with Gasteiger partial charge in [-0.25, -0.2) is 4.39 Å². The maximum atomic E-state index is 15.2. The molecule has 0 bridgehead atoms. The zero-order valence-corrected chi connectivity index (χ0v) is 17.9. The van der Waals surface area contributed by atoms with Gasteiger partial charge >= 0.3 is 6.18 Å². The molecule has 1 atom stereocenters. The van der Waals surface area contributed by atoms with Crippen LogP contribution in [0.15, 0.2) is 66.7 Å². The summed E-state index contributed by atoms with van der Waals surface area (Å²) >= 11 is 0. The van der Waals surface area contributed by atoms with Crippen LogP contribution in [0, 0.1) is 5.82 Å². The molecule has 7 heteroatoms. The minimum atomic E-state index is -4.53. The fourth-order valence-corrected chi connectivity index (χ4v) is 4.57. The maximum Gasteiger partial charge on any atom is 0.435 e. The largest absolute Gasteiger partial charge is 0.435 e. The van der Waals surface area contributed by atoms with Crippen LogP contribution < -0.4 is 0 Å². The van der Waals surface area contributed by atoms with Crippen LogP contribution in [0.4, 0.5) is 17.6 Å². The first kappa shape index (κ1) is 21.5. The highest BCUT2D eigenvalue weighted by atomic mass is 19.4. The summed E-state index contributed by atoms with van der Waals surface area (Å²) in [4.78, 5) is 2.17. The maximum absolute atomic E-state index is 15.2. The van der Waals surface area contributed by atoms with E-state index in [2.05, 4.69) is 15.1 Å². The Hall–Kier alpha value is -3.32. The highest BCUT2D eigenvalue weighted by Gasteiger charge is 2.33. The summed E-state index contributed by atoms with van der Waals surface area (Å²) in [5.41, 5.74) is 2.72. The lowest BCUT2D eigenvalue weighted by atomic mass is 9.84. The smallest absolute Gasteiger partial charge is 0.302 e. The number of benzene rings is 3. The van der Waals surface area contributed by atoms with Crippen molar-refractivity contribution in [3.63, 3.8) is 0 Å². The Morgan fingerprint density at radius 2 is 1.64 bits per heavy atom. The molecule has 1 unspecified atom stereocenters. The van der Waals surface area contributed by atoms with Crippen molar-refractivity contribution < 1.29 is 17.6 Å². The minimum absolute atomic E-state index is 0.123. The number of rotatable bonds is 2. The normalized spacial score (nSPS) is 17.1. The molecule has 0 saturated carbocycles. The van der Waals surface area contributed by atoms with Gasteiger partial charge in [-0.1, -0.05) is 36.4 Å². The zero-order chi connectivity index (χ0) is 23.2. The molecular weight excluding hydrogens is 430 g/mol. The lowest BCUT2D eigenvalue weighted by Crippen LogP contribution is -2.17. The number of fused-ring (bicyclic) bond motifs is 2. The monoisotopic (exact) mass is 451 g/mol. The van der Waals surface area contributed by atoms with Crippen LogP contribution in [-0.2, 0) is 12.7 Å². The molecule has 4 aromatic rings. The average Bonchev–Trinajstić information content (AvgIpc) is 2.95. The summed E-state index contributed by atoms with van der Waals surface area (Å²) in [5.74, 6) is -0.353. The topological polar surface area (TPSA) is 29.0 Å². The summed E-state index contributed by atoms with van der Waals surface area (Å²) in [6.07, 6.45) is -3.77. The molecule has 0 saturated heterocycles. The third kappa shape index (κ3) is 4.20. The van der Waals surface area contributed by atoms with E-state index in [4.69, 9.17) is 0 Å². The van der Waals surface area contributed by atoms with Gasteiger partial charge < -0.3 is 4.90 Å². The lowest BCUT2D eigenvalue weighted by Gasteiger charge is -2.20. The van der Waals surface area contributed by atoms with Gasteiger partial charge in [0.2, 0.25) is 0 Å². The Bertz CT molecular complexity index is 1320. The Morgan fingerprint density at radius 3 is 2.33 bits per heavy atom. The minimum Gasteiger partial charge on any atom is -0.302 e. The summed E-state index contributed by atoms with van der Waals surface area (Å²) in [6, 6.07) is 19.2. The van der Waals surface area contributed by atoms with Gasteiger partial charge in [-0.3, -0.25) is 0 Å². The lowest BCUT2D eigenvalue weighted by molar-refractivity contribution is -0.141. The van der Waals surface area contributed by atoms with E-state index in [0.717, 1.165) is 40.9 Å². The molecule has 0 amide bonds. The summed E-state index contributed by atoms with van der Waals surface area (Å²) in [7, 11) is 2.01. The van der Waals surface area contributed by atoms with Crippen molar-refractivity contribution in [3.05, 3.63) is 94.9 Å². The summed E-state index contributed by atoms with van der Waals surface area (Å²) < 4.78 is 53.7. The molecule has 0 spiro atoms.